The van der Waals surface area contributed by atoms with Gasteiger partial charge in [-0.15, -0.1) is 59.7 Å². The van der Waals surface area contributed by atoms with Crippen molar-refractivity contribution in [3.63, 3.8) is 0 Å². The summed E-state index contributed by atoms with van der Waals surface area (Å²) in [5, 5.41) is 3.44. The van der Waals surface area contributed by atoms with Crippen molar-refractivity contribution in [1.82, 2.24) is 9.97 Å². The fraction of sp³-hybridized carbons (Fsp3) is 0.171. The van der Waals surface area contributed by atoms with Crippen molar-refractivity contribution in [2.45, 2.75) is 39.9 Å². The molecule has 0 aliphatic rings. The van der Waals surface area contributed by atoms with E-state index in [4.69, 9.17) is 7.16 Å². The van der Waals surface area contributed by atoms with E-state index in [1.54, 1.807) is 12.3 Å². The molecule has 0 fully saturated rings. The molecule has 4 aromatic carbocycles. The van der Waals surface area contributed by atoms with Crippen molar-refractivity contribution < 1.29 is 27.3 Å². The zero-order valence-corrected chi connectivity index (χ0v) is 30.2. The number of fused-ring (bicyclic) bond motifs is 3. The number of furan rings is 1. The van der Waals surface area contributed by atoms with Crippen molar-refractivity contribution in [2.24, 2.45) is 5.92 Å². The fourth-order valence-electron chi connectivity index (χ4n) is 5.23. The summed E-state index contributed by atoms with van der Waals surface area (Å²) in [6, 6.07) is 42.7. The predicted molar refractivity (Wildman–Crippen MR) is 191 cm³/mol. The molecular weight excluding hydrogens is 757 g/mol. The molecule has 0 saturated carbocycles. The minimum Gasteiger partial charge on any atom is -0.500 e. The summed E-state index contributed by atoms with van der Waals surface area (Å²) in [5.74, 6) is -0.136. The molecule has 1 radical (unpaired) electrons. The maximum Gasteiger partial charge on any atom is 0.121 e. The Hall–Kier alpha value is -4.15. The standard InChI is InChI=1S/C27H22NO.C14H16NSi.Ir/c1-18(2)14-19-12-13-28-25(15-19)22-9-11-27-24(17-22)23-16-21(8-10-26(23)29-27)20-6-4-3-5-7-20;1-16(2,3)13-9-10-14(15-11-13)12-7-5-4-6-8-12;/h3-8,10-13,15-18H,14H2,1-2H3;4-7,9-11H,1-3H3;/q2*-1;/i14D2;;. The van der Waals surface area contributed by atoms with Crippen LogP contribution in [0.5, 0.6) is 0 Å². The maximum atomic E-state index is 8.41. The smallest absolute Gasteiger partial charge is 0.121 e. The Morgan fingerprint density at radius 3 is 2.22 bits per heavy atom. The summed E-state index contributed by atoms with van der Waals surface area (Å²) in [6.45, 7) is 10.8. The van der Waals surface area contributed by atoms with E-state index in [0.717, 1.165) is 49.9 Å². The molecule has 0 aliphatic carbocycles. The first-order valence-corrected chi connectivity index (χ1v) is 18.8. The van der Waals surface area contributed by atoms with Gasteiger partial charge in [0.25, 0.3) is 0 Å². The molecule has 7 aromatic rings. The normalized spacial score (nSPS) is 12.2. The minimum atomic E-state index is -1.42. The summed E-state index contributed by atoms with van der Waals surface area (Å²) >= 11 is 0. The summed E-state index contributed by atoms with van der Waals surface area (Å²) in [5.41, 5.74) is 8.12. The predicted octanol–water partition coefficient (Wildman–Crippen LogP) is 10.4. The number of aromatic nitrogens is 2. The number of pyridine rings is 2. The molecule has 3 nitrogen and oxygen atoms in total. The van der Waals surface area contributed by atoms with Crippen LogP contribution in [-0.4, -0.2) is 18.0 Å². The van der Waals surface area contributed by atoms with Gasteiger partial charge in [0.1, 0.15) is 5.58 Å². The summed E-state index contributed by atoms with van der Waals surface area (Å²) in [4.78, 5) is 9.01. The molecule has 7 rings (SSSR count). The Kier molecular flexibility index (Phi) is 9.62. The van der Waals surface area contributed by atoms with E-state index in [-0.39, 0.29) is 26.0 Å². The molecule has 0 aliphatic heterocycles. The van der Waals surface area contributed by atoms with Crippen LogP contribution in [0, 0.1) is 18.1 Å². The second-order valence-electron chi connectivity index (χ2n) is 12.5. The molecule has 0 bridgehead atoms. The van der Waals surface area contributed by atoms with E-state index in [2.05, 4.69) is 78.1 Å². The summed E-state index contributed by atoms with van der Waals surface area (Å²) in [7, 11) is -1.23. The zero-order chi connectivity index (χ0) is 33.2. The molecule has 3 aromatic heterocycles. The van der Waals surface area contributed by atoms with E-state index in [9.17, 15) is 0 Å². The van der Waals surface area contributed by atoms with Gasteiger partial charge < -0.3 is 14.4 Å². The second-order valence-corrected chi connectivity index (χ2v) is 17.6. The van der Waals surface area contributed by atoms with Crippen molar-refractivity contribution in [1.29, 1.82) is 0 Å². The Morgan fingerprint density at radius 1 is 0.739 bits per heavy atom. The van der Waals surface area contributed by atoms with E-state index in [1.807, 2.05) is 86.8 Å². The van der Waals surface area contributed by atoms with Crippen LogP contribution >= 0.6 is 0 Å². The van der Waals surface area contributed by atoms with Crippen LogP contribution in [0.2, 0.25) is 19.6 Å². The van der Waals surface area contributed by atoms with Crippen LogP contribution in [0.1, 0.15) is 22.2 Å². The largest absolute Gasteiger partial charge is 0.500 e. The fourth-order valence-corrected chi connectivity index (χ4v) is 6.26. The number of nitrogens with zero attached hydrogens (tertiary/aromatic N) is 2. The van der Waals surface area contributed by atoms with Gasteiger partial charge in [0.2, 0.25) is 0 Å². The number of rotatable bonds is 6. The summed E-state index contributed by atoms with van der Waals surface area (Å²) < 4.78 is 22.9. The third kappa shape index (κ3) is 7.79. The molecule has 0 saturated heterocycles. The minimum absolute atomic E-state index is 0. The number of hydrogen-bond acceptors (Lipinski definition) is 3. The molecule has 0 spiro atoms. The molecular formula is C41H38IrN2OSi-2. The molecule has 3 heterocycles. The van der Waals surface area contributed by atoms with Gasteiger partial charge in [-0.2, -0.15) is 0 Å². The second kappa shape index (κ2) is 14.5. The van der Waals surface area contributed by atoms with E-state index < -0.39 is 14.4 Å². The van der Waals surface area contributed by atoms with Crippen LogP contribution in [0.3, 0.4) is 0 Å². The molecule has 233 valence electrons. The van der Waals surface area contributed by atoms with Crippen molar-refractivity contribution in [3.8, 4) is 33.6 Å². The van der Waals surface area contributed by atoms with Crippen LogP contribution in [0.4, 0.5) is 0 Å². The Balaban J connectivity index is 0.000000224. The van der Waals surface area contributed by atoms with Gasteiger partial charge in [-0.1, -0.05) is 99.0 Å². The monoisotopic (exact) mass is 797 g/mol. The number of hydrogen-bond donors (Lipinski definition) is 0. The van der Waals surface area contributed by atoms with E-state index >= 15 is 0 Å². The molecule has 46 heavy (non-hydrogen) atoms. The van der Waals surface area contributed by atoms with Crippen molar-refractivity contribution in [2.75, 3.05) is 0 Å². The molecule has 0 unspecified atom stereocenters. The van der Waals surface area contributed by atoms with Gasteiger partial charge in [0, 0.05) is 40.6 Å². The van der Waals surface area contributed by atoms with Gasteiger partial charge in [0.15, 0.2) is 0 Å². The third-order valence-electron chi connectivity index (χ3n) is 7.62. The summed E-state index contributed by atoms with van der Waals surface area (Å²) in [6.07, 6.45) is 2.26. The third-order valence-corrected chi connectivity index (χ3v) is 9.64. The Labute approximate surface area is 289 Å². The zero-order valence-electron chi connectivity index (χ0n) is 28.8. The topological polar surface area (TPSA) is 38.9 Å². The average molecular weight is 797 g/mol. The average Bonchev–Trinajstić information content (AvgIpc) is 3.46. The van der Waals surface area contributed by atoms with Gasteiger partial charge in [-0.05, 0) is 58.2 Å². The Morgan fingerprint density at radius 2 is 1.52 bits per heavy atom. The first-order valence-electron chi connectivity index (χ1n) is 16.3. The van der Waals surface area contributed by atoms with E-state index in [0.29, 0.717) is 11.3 Å². The van der Waals surface area contributed by atoms with Crippen molar-refractivity contribution in [3.05, 3.63) is 139 Å². The number of benzene rings is 4. The van der Waals surface area contributed by atoms with Crippen LogP contribution < -0.4 is 5.19 Å². The van der Waals surface area contributed by atoms with Crippen LogP contribution in [0.25, 0.3) is 55.6 Å². The van der Waals surface area contributed by atoms with Gasteiger partial charge in [-0.25, -0.2) is 0 Å². The molecule has 0 atom stereocenters. The van der Waals surface area contributed by atoms with Gasteiger partial charge in [-0.3, -0.25) is 0 Å². The molecule has 0 N–H and O–H groups in total. The van der Waals surface area contributed by atoms with Gasteiger partial charge in [0.05, 0.1) is 13.7 Å². The molecule has 5 heteroatoms. The quantitative estimate of drug-likeness (QED) is 0.124. The van der Waals surface area contributed by atoms with Crippen molar-refractivity contribution >= 4 is 35.2 Å². The first kappa shape index (κ1) is 30.5. The van der Waals surface area contributed by atoms with Gasteiger partial charge >= 0.3 is 0 Å². The van der Waals surface area contributed by atoms with Crippen LogP contribution in [0.15, 0.2) is 126 Å². The van der Waals surface area contributed by atoms with Crippen LogP contribution in [-0.2, 0) is 26.5 Å². The Bertz CT molecular complexity index is 2120. The molecule has 0 amide bonds. The maximum absolute atomic E-state index is 8.41. The first-order chi connectivity index (χ1) is 22.5. The van der Waals surface area contributed by atoms with E-state index in [1.165, 1.54) is 5.19 Å². The SMILES string of the molecule is C[Si](C)(C)c1ccc(-c2[c-]cccc2)nc1.[2H]C([2H])(c1ccnc(-c2[c-]cc3oc4ccc(-c5ccccc5)cc4c3c2)c1)C(C)C.[Ir].